The van der Waals surface area contributed by atoms with Crippen molar-refractivity contribution in [1.29, 1.82) is 0 Å². The number of rotatable bonds is 6. The zero-order valence-electron chi connectivity index (χ0n) is 22.6. The van der Waals surface area contributed by atoms with Crippen molar-refractivity contribution in [2.75, 3.05) is 0 Å². The number of nitrogens with zero attached hydrogens (tertiary/aromatic N) is 2. The summed E-state index contributed by atoms with van der Waals surface area (Å²) in [6.07, 6.45) is 4.14. The molecule has 0 unspecified atom stereocenters. The van der Waals surface area contributed by atoms with Gasteiger partial charge in [0.25, 0.3) is 0 Å². The van der Waals surface area contributed by atoms with E-state index in [0.29, 0.717) is 72.5 Å². The molecule has 0 saturated heterocycles. The normalized spacial score (nSPS) is 24.8. The summed E-state index contributed by atoms with van der Waals surface area (Å²) >= 11 is 0. The first-order chi connectivity index (χ1) is 16.9. The van der Waals surface area contributed by atoms with Crippen LogP contribution < -0.4 is 0 Å². The van der Waals surface area contributed by atoms with Gasteiger partial charge in [0.15, 0.2) is 11.6 Å². The quantitative estimate of drug-likeness (QED) is 0.312. The van der Waals surface area contributed by atoms with Crippen molar-refractivity contribution in [3.8, 4) is 0 Å². The lowest BCUT2D eigenvalue weighted by atomic mass is 9.73. The summed E-state index contributed by atoms with van der Waals surface area (Å²) < 4.78 is 0. The van der Waals surface area contributed by atoms with Gasteiger partial charge in [0, 0.05) is 25.7 Å². The van der Waals surface area contributed by atoms with Crippen LogP contribution in [0, 0.1) is 10.8 Å². The highest BCUT2D eigenvalue weighted by Gasteiger charge is 2.37. The Morgan fingerprint density at radius 2 is 1.08 bits per heavy atom. The Bertz CT molecular complexity index is 1070. The van der Waals surface area contributed by atoms with Crippen molar-refractivity contribution in [3.63, 3.8) is 0 Å². The molecule has 2 aliphatic rings. The minimum atomic E-state index is -0.269. The van der Waals surface area contributed by atoms with Crippen LogP contribution in [0.4, 0.5) is 11.4 Å². The van der Waals surface area contributed by atoms with E-state index >= 15 is 0 Å². The molecule has 0 aromatic heterocycles. The summed E-state index contributed by atoms with van der Waals surface area (Å²) in [7, 11) is 0. The van der Waals surface area contributed by atoms with Crippen molar-refractivity contribution >= 4 is 34.4 Å². The van der Waals surface area contributed by atoms with E-state index in [1.54, 1.807) is 0 Å². The number of hydrogen-bond donors (Lipinski definition) is 2. The Hall–Kier alpha value is -3.02. The van der Waals surface area contributed by atoms with Gasteiger partial charge in [0.05, 0.1) is 33.9 Å². The smallest absolute Gasteiger partial charge is 0.168 e. The van der Waals surface area contributed by atoms with Gasteiger partial charge in [-0.25, -0.2) is 0 Å². The van der Waals surface area contributed by atoms with E-state index < -0.39 is 0 Å². The molecule has 0 heterocycles. The number of benzene rings is 1. The SMILES string of the molecule is CCC/C(O)=C1\C(=O)CC(C)(C)CC1=Nc1ccccc1N=C1CC(C)(C)CC(=O)/C1=C(/O)CCC. The van der Waals surface area contributed by atoms with Gasteiger partial charge >= 0.3 is 0 Å². The number of aliphatic hydroxyl groups excluding tert-OH is 2. The van der Waals surface area contributed by atoms with Gasteiger partial charge in [0.2, 0.25) is 0 Å². The zero-order valence-corrected chi connectivity index (χ0v) is 22.6. The average molecular weight is 493 g/mol. The first-order valence-corrected chi connectivity index (χ1v) is 13.0. The summed E-state index contributed by atoms with van der Waals surface area (Å²) in [4.78, 5) is 35.8. The number of Topliss-reactive ketones (excluding diaryl/α,β-unsaturated/α-hetero) is 2. The molecule has 2 fully saturated rings. The molecular weight excluding hydrogens is 452 g/mol. The molecular formula is C30H40N2O4. The molecule has 0 bridgehead atoms. The molecule has 6 heteroatoms. The molecule has 194 valence electrons. The Balaban J connectivity index is 2.18. The molecule has 6 nitrogen and oxygen atoms in total. The fourth-order valence-corrected chi connectivity index (χ4v) is 5.09. The maximum Gasteiger partial charge on any atom is 0.168 e. The van der Waals surface area contributed by atoms with Crippen LogP contribution in [0.1, 0.15) is 92.9 Å². The van der Waals surface area contributed by atoms with Crippen LogP contribution in [0.3, 0.4) is 0 Å². The van der Waals surface area contributed by atoms with Gasteiger partial charge in [-0.05, 0) is 48.6 Å². The largest absolute Gasteiger partial charge is 0.511 e. The predicted molar refractivity (Wildman–Crippen MR) is 146 cm³/mol. The summed E-state index contributed by atoms with van der Waals surface area (Å²) in [6.45, 7) is 12.0. The molecule has 3 rings (SSSR count). The van der Waals surface area contributed by atoms with Crippen molar-refractivity contribution in [2.45, 2.75) is 92.9 Å². The number of ketones is 2. The van der Waals surface area contributed by atoms with E-state index in [0.717, 1.165) is 12.8 Å². The van der Waals surface area contributed by atoms with Gasteiger partial charge in [-0.15, -0.1) is 0 Å². The summed E-state index contributed by atoms with van der Waals surface area (Å²) in [5, 5.41) is 21.4. The Morgan fingerprint density at radius 1 is 0.722 bits per heavy atom. The van der Waals surface area contributed by atoms with Gasteiger partial charge in [0.1, 0.15) is 11.5 Å². The minimum Gasteiger partial charge on any atom is -0.511 e. The number of carbonyl (C=O) groups is 2. The maximum atomic E-state index is 13.0. The molecule has 2 aliphatic carbocycles. The summed E-state index contributed by atoms with van der Waals surface area (Å²) in [6, 6.07) is 7.38. The van der Waals surface area contributed by atoms with Gasteiger partial charge in [-0.1, -0.05) is 53.7 Å². The van der Waals surface area contributed by atoms with Crippen molar-refractivity contribution in [2.24, 2.45) is 20.8 Å². The highest BCUT2D eigenvalue weighted by molar-refractivity contribution is 6.26. The van der Waals surface area contributed by atoms with Crippen LogP contribution in [0.5, 0.6) is 0 Å². The lowest BCUT2D eigenvalue weighted by molar-refractivity contribution is -0.118. The van der Waals surface area contributed by atoms with E-state index in [1.165, 1.54) is 0 Å². The van der Waals surface area contributed by atoms with Crippen LogP contribution in [0.25, 0.3) is 0 Å². The number of allylic oxidation sites excluding steroid dienone is 4. The number of carbonyl (C=O) groups excluding carboxylic acids is 2. The molecule has 0 amide bonds. The third-order valence-electron chi connectivity index (χ3n) is 6.65. The van der Waals surface area contributed by atoms with Crippen LogP contribution in [-0.2, 0) is 9.59 Å². The van der Waals surface area contributed by atoms with E-state index in [4.69, 9.17) is 9.98 Å². The van der Waals surface area contributed by atoms with E-state index in [1.807, 2.05) is 65.8 Å². The zero-order chi connectivity index (χ0) is 26.7. The highest BCUT2D eigenvalue weighted by Crippen LogP contribution is 2.40. The second kappa shape index (κ2) is 10.9. The third-order valence-corrected chi connectivity index (χ3v) is 6.65. The molecule has 1 aromatic carbocycles. The topological polar surface area (TPSA) is 99.3 Å². The lowest BCUT2D eigenvalue weighted by Gasteiger charge is -2.32. The summed E-state index contributed by atoms with van der Waals surface area (Å²) in [5.74, 6) is 0.00733. The molecule has 1 aromatic rings. The van der Waals surface area contributed by atoms with Crippen LogP contribution in [-0.4, -0.2) is 33.2 Å². The van der Waals surface area contributed by atoms with Crippen molar-refractivity contribution in [3.05, 3.63) is 46.9 Å². The third kappa shape index (κ3) is 6.40. The van der Waals surface area contributed by atoms with Gasteiger partial charge in [-0.2, -0.15) is 0 Å². The Kier molecular flexibility index (Phi) is 8.37. The van der Waals surface area contributed by atoms with Crippen LogP contribution in [0.15, 0.2) is 56.9 Å². The first-order valence-electron chi connectivity index (χ1n) is 13.0. The Morgan fingerprint density at radius 3 is 1.42 bits per heavy atom. The summed E-state index contributed by atoms with van der Waals surface area (Å²) in [5.41, 5.74) is 2.39. The van der Waals surface area contributed by atoms with E-state index in [2.05, 4.69) is 0 Å². The van der Waals surface area contributed by atoms with E-state index in [-0.39, 0.29) is 33.9 Å². The maximum absolute atomic E-state index is 13.0. The molecule has 0 aliphatic heterocycles. The standard InChI is InChI=1S/C30H40N2O4/c1-7-11-23(33)27-21(15-29(3,4)17-25(27)35)31-19-13-9-10-14-20(19)32-22-16-30(5,6)18-26(36)28(22)24(34)12-8-2/h9-10,13-14,33-34H,7-8,11-12,15-18H2,1-6H3/b27-23+,28-24+,31-21?,32-22?. The fraction of sp³-hybridized carbons (Fsp3) is 0.533. The Labute approximate surface area is 215 Å². The molecule has 2 saturated carbocycles. The monoisotopic (exact) mass is 492 g/mol. The number of hydrogen-bond acceptors (Lipinski definition) is 6. The van der Waals surface area contributed by atoms with E-state index in [9.17, 15) is 19.8 Å². The second-order valence-electron chi connectivity index (χ2n) is 11.6. The minimum absolute atomic E-state index is 0.0888. The molecule has 0 atom stereocenters. The van der Waals surface area contributed by atoms with Crippen LogP contribution >= 0.6 is 0 Å². The first kappa shape index (κ1) is 27.6. The molecule has 0 spiro atoms. The molecule has 36 heavy (non-hydrogen) atoms. The van der Waals surface area contributed by atoms with Gasteiger partial charge < -0.3 is 10.2 Å². The van der Waals surface area contributed by atoms with Crippen molar-refractivity contribution < 1.29 is 19.8 Å². The number of para-hydroxylation sites is 2. The van der Waals surface area contributed by atoms with Gasteiger partial charge in [-0.3, -0.25) is 19.6 Å². The molecule has 0 radical (unpaired) electrons. The average Bonchev–Trinajstić information content (AvgIpc) is 2.73. The number of aliphatic hydroxyl groups is 2. The number of aliphatic imine (C=N–C) groups is 2. The molecule has 2 N–H and O–H groups in total. The second-order valence-corrected chi connectivity index (χ2v) is 11.6. The lowest BCUT2D eigenvalue weighted by Crippen LogP contribution is -2.32. The predicted octanol–water partition coefficient (Wildman–Crippen LogP) is 7.83. The fourth-order valence-electron chi connectivity index (χ4n) is 5.09. The van der Waals surface area contributed by atoms with Crippen LogP contribution in [0.2, 0.25) is 0 Å². The highest BCUT2D eigenvalue weighted by atomic mass is 16.3. The van der Waals surface area contributed by atoms with Crippen molar-refractivity contribution in [1.82, 2.24) is 0 Å².